The number of thiocarbonyl (C=S) groups is 1. The molecule has 0 aromatic carbocycles. The molecule has 1 heterocycles. The average Bonchev–Trinajstić information content (AvgIpc) is 2.28. The lowest BCUT2D eigenvalue weighted by molar-refractivity contribution is 0.621. The SMILES string of the molecule is CC(C)CNC(=S)N/N=C/c1ccncc1. The zero-order valence-electron chi connectivity index (χ0n) is 9.47. The Morgan fingerprint density at radius 2 is 2.19 bits per heavy atom. The third-order valence-electron chi connectivity index (χ3n) is 1.76. The van der Waals surface area contributed by atoms with E-state index in [1.54, 1.807) is 18.6 Å². The summed E-state index contributed by atoms with van der Waals surface area (Å²) in [5.41, 5.74) is 3.74. The minimum atomic E-state index is 0.541. The van der Waals surface area contributed by atoms with Crippen molar-refractivity contribution in [3.63, 3.8) is 0 Å². The van der Waals surface area contributed by atoms with Crippen molar-refractivity contribution < 1.29 is 0 Å². The molecule has 1 aromatic rings. The first kappa shape index (κ1) is 12.6. The van der Waals surface area contributed by atoms with Gasteiger partial charge in [0.1, 0.15) is 0 Å². The van der Waals surface area contributed by atoms with Crippen molar-refractivity contribution in [3.05, 3.63) is 30.1 Å². The molecule has 16 heavy (non-hydrogen) atoms. The van der Waals surface area contributed by atoms with E-state index in [9.17, 15) is 0 Å². The Morgan fingerprint density at radius 1 is 1.50 bits per heavy atom. The summed E-state index contributed by atoms with van der Waals surface area (Å²) in [6.45, 7) is 5.09. The summed E-state index contributed by atoms with van der Waals surface area (Å²) in [5, 5.41) is 7.62. The highest BCUT2D eigenvalue weighted by Gasteiger charge is 1.95. The lowest BCUT2D eigenvalue weighted by atomic mass is 10.2. The number of aromatic nitrogens is 1. The lowest BCUT2D eigenvalue weighted by Crippen LogP contribution is -2.34. The summed E-state index contributed by atoms with van der Waals surface area (Å²) in [6.07, 6.45) is 5.14. The fraction of sp³-hybridized carbons (Fsp3) is 0.364. The van der Waals surface area contributed by atoms with Gasteiger partial charge in [0.25, 0.3) is 0 Å². The molecular formula is C11H16N4S. The van der Waals surface area contributed by atoms with Crippen molar-refractivity contribution in [3.8, 4) is 0 Å². The number of hydrogen-bond donors (Lipinski definition) is 2. The van der Waals surface area contributed by atoms with E-state index in [4.69, 9.17) is 12.2 Å². The number of pyridine rings is 1. The van der Waals surface area contributed by atoms with E-state index in [2.05, 4.69) is 34.7 Å². The molecule has 0 fully saturated rings. The van der Waals surface area contributed by atoms with Crippen molar-refractivity contribution >= 4 is 23.5 Å². The fourth-order valence-corrected chi connectivity index (χ4v) is 1.09. The molecular weight excluding hydrogens is 220 g/mol. The molecule has 4 nitrogen and oxygen atoms in total. The summed E-state index contributed by atoms with van der Waals surface area (Å²) >= 11 is 5.04. The van der Waals surface area contributed by atoms with Gasteiger partial charge < -0.3 is 5.32 Å². The van der Waals surface area contributed by atoms with Crippen LogP contribution in [-0.2, 0) is 0 Å². The van der Waals surface area contributed by atoms with Crippen molar-refractivity contribution in [2.45, 2.75) is 13.8 Å². The Hall–Kier alpha value is -1.49. The molecule has 0 unspecified atom stereocenters. The van der Waals surface area contributed by atoms with Crippen LogP contribution in [0.2, 0.25) is 0 Å². The van der Waals surface area contributed by atoms with Gasteiger partial charge in [-0.25, -0.2) is 0 Å². The molecule has 0 saturated heterocycles. The Labute approximate surface area is 101 Å². The first-order chi connectivity index (χ1) is 7.68. The van der Waals surface area contributed by atoms with E-state index in [1.165, 1.54) is 0 Å². The highest BCUT2D eigenvalue weighted by molar-refractivity contribution is 7.80. The van der Waals surface area contributed by atoms with Gasteiger partial charge >= 0.3 is 0 Å². The standard InChI is InChI=1S/C11H16N4S/c1-9(2)7-13-11(16)15-14-8-10-3-5-12-6-4-10/h3-6,8-9H,7H2,1-2H3,(H2,13,15,16)/b14-8+. The summed E-state index contributed by atoms with van der Waals surface area (Å²) in [5.74, 6) is 0.559. The second-order valence-electron chi connectivity index (χ2n) is 3.75. The van der Waals surface area contributed by atoms with Gasteiger partial charge in [-0.1, -0.05) is 13.8 Å². The third-order valence-corrected chi connectivity index (χ3v) is 1.99. The topological polar surface area (TPSA) is 49.3 Å². The van der Waals surface area contributed by atoms with Crippen LogP contribution in [0.15, 0.2) is 29.6 Å². The van der Waals surface area contributed by atoms with Crippen LogP contribution >= 0.6 is 12.2 Å². The number of hydrazone groups is 1. The first-order valence-corrected chi connectivity index (χ1v) is 5.56. The summed E-state index contributed by atoms with van der Waals surface area (Å²) < 4.78 is 0. The molecule has 0 atom stereocenters. The summed E-state index contributed by atoms with van der Waals surface area (Å²) in [4.78, 5) is 3.92. The fourth-order valence-electron chi connectivity index (χ4n) is 0.951. The Kier molecular flexibility index (Phi) is 5.42. The Morgan fingerprint density at radius 3 is 2.81 bits per heavy atom. The quantitative estimate of drug-likeness (QED) is 0.473. The van der Waals surface area contributed by atoms with Crippen LogP contribution in [0, 0.1) is 5.92 Å². The van der Waals surface area contributed by atoms with Crippen LogP contribution in [0.3, 0.4) is 0 Å². The van der Waals surface area contributed by atoms with Gasteiger partial charge in [-0.05, 0) is 35.8 Å². The maximum absolute atomic E-state index is 5.04. The van der Waals surface area contributed by atoms with E-state index in [0.29, 0.717) is 11.0 Å². The largest absolute Gasteiger partial charge is 0.361 e. The van der Waals surface area contributed by atoms with Gasteiger partial charge in [0.05, 0.1) is 6.21 Å². The van der Waals surface area contributed by atoms with Crippen LogP contribution in [-0.4, -0.2) is 22.9 Å². The second kappa shape index (κ2) is 6.90. The molecule has 0 aliphatic carbocycles. The minimum absolute atomic E-state index is 0.541. The molecule has 5 heteroatoms. The number of nitrogens with zero attached hydrogens (tertiary/aromatic N) is 2. The zero-order valence-corrected chi connectivity index (χ0v) is 10.3. The predicted octanol–water partition coefficient (Wildman–Crippen LogP) is 1.54. The maximum Gasteiger partial charge on any atom is 0.186 e. The normalized spacial score (nSPS) is 10.7. The van der Waals surface area contributed by atoms with Gasteiger partial charge in [-0.15, -0.1) is 0 Å². The monoisotopic (exact) mass is 236 g/mol. The molecule has 86 valence electrons. The van der Waals surface area contributed by atoms with Crippen LogP contribution in [0.25, 0.3) is 0 Å². The third kappa shape index (κ3) is 5.41. The van der Waals surface area contributed by atoms with Crippen LogP contribution in [0.1, 0.15) is 19.4 Å². The summed E-state index contributed by atoms with van der Waals surface area (Å²) in [7, 11) is 0. The lowest BCUT2D eigenvalue weighted by Gasteiger charge is -2.08. The minimum Gasteiger partial charge on any atom is -0.361 e. The van der Waals surface area contributed by atoms with Crippen molar-refractivity contribution in [2.24, 2.45) is 11.0 Å². The van der Waals surface area contributed by atoms with E-state index in [0.717, 1.165) is 12.1 Å². The molecule has 0 saturated carbocycles. The summed E-state index contributed by atoms with van der Waals surface area (Å²) in [6, 6.07) is 3.74. The van der Waals surface area contributed by atoms with Gasteiger partial charge in [0.15, 0.2) is 5.11 Å². The smallest absolute Gasteiger partial charge is 0.186 e. The molecule has 0 amide bonds. The Balaban J connectivity index is 2.29. The van der Waals surface area contributed by atoms with Crippen LogP contribution in [0.4, 0.5) is 0 Å². The van der Waals surface area contributed by atoms with Gasteiger partial charge in [-0.2, -0.15) is 5.10 Å². The van der Waals surface area contributed by atoms with E-state index < -0.39 is 0 Å². The van der Waals surface area contributed by atoms with Crippen molar-refractivity contribution in [1.29, 1.82) is 0 Å². The van der Waals surface area contributed by atoms with Gasteiger partial charge in [0, 0.05) is 18.9 Å². The van der Waals surface area contributed by atoms with Crippen molar-refractivity contribution in [2.75, 3.05) is 6.54 Å². The predicted molar refractivity (Wildman–Crippen MR) is 70.4 cm³/mol. The van der Waals surface area contributed by atoms with E-state index in [1.807, 2.05) is 12.1 Å². The first-order valence-electron chi connectivity index (χ1n) is 5.15. The molecule has 1 rings (SSSR count). The van der Waals surface area contributed by atoms with Gasteiger partial charge in [0.2, 0.25) is 0 Å². The molecule has 1 aromatic heterocycles. The van der Waals surface area contributed by atoms with Crippen molar-refractivity contribution in [1.82, 2.24) is 15.7 Å². The van der Waals surface area contributed by atoms with E-state index in [-0.39, 0.29) is 0 Å². The second-order valence-corrected chi connectivity index (χ2v) is 4.16. The molecule has 0 aliphatic rings. The Bertz CT molecular complexity index is 348. The molecule has 0 aliphatic heterocycles. The number of rotatable bonds is 4. The van der Waals surface area contributed by atoms with E-state index >= 15 is 0 Å². The average molecular weight is 236 g/mol. The molecule has 0 bridgehead atoms. The molecule has 0 radical (unpaired) electrons. The highest BCUT2D eigenvalue weighted by atomic mass is 32.1. The maximum atomic E-state index is 5.04. The van der Waals surface area contributed by atoms with Crippen LogP contribution < -0.4 is 10.7 Å². The van der Waals surface area contributed by atoms with Gasteiger partial charge in [-0.3, -0.25) is 10.4 Å². The zero-order chi connectivity index (χ0) is 11.8. The molecule has 0 spiro atoms. The van der Waals surface area contributed by atoms with Crippen LogP contribution in [0.5, 0.6) is 0 Å². The number of hydrogen-bond acceptors (Lipinski definition) is 3. The number of nitrogens with one attached hydrogen (secondary N) is 2. The highest BCUT2D eigenvalue weighted by Crippen LogP contribution is 1.90. The molecule has 2 N–H and O–H groups in total.